The van der Waals surface area contributed by atoms with Crippen molar-refractivity contribution in [1.29, 1.82) is 0 Å². The molecule has 1 aromatic rings. The molecule has 0 atom stereocenters. The molecule has 0 fully saturated rings. The monoisotopic (exact) mass is 280 g/mol. The van der Waals surface area contributed by atoms with Gasteiger partial charge in [-0.25, -0.2) is 0 Å². The van der Waals surface area contributed by atoms with Crippen LogP contribution < -0.4 is 10.6 Å². The lowest BCUT2D eigenvalue weighted by atomic mass is 10.1. The second-order valence-corrected chi connectivity index (χ2v) is 3.99. The zero-order valence-electron chi connectivity index (χ0n) is 11.0. The van der Waals surface area contributed by atoms with Gasteiger partial charge >= 0.3 is 5.97 Å². The largest absolute Gasteiger partial charge is 0.480 e. The van der Waals surface area contributed by atoms with Gasteiger partial charge in [0.1, 0.15) is 6.54 Å². The van der Waals surface area contributed by atoms with Crippen LogP contribution in [0.5, 0.6) is 0 Å². The maximum absolute atomic E-state index is 11.8. The number of methoxy groups -OCH3 is 1. The van der Waals surface area contributed by atoms with Gasteiger partial charge in [0.25, 0.3) is 5.91 Å². The van der Waals surface area contributed by atoms with E-state index in [0.717, 1.165) is 5.56 Å². The Balaban J connectivity index is 2.48. The highest BCUT2D eigenvalue weighted by atomic mass is 16.5. The van der Waals surface area contributed by atoms with Gasteiger partial charge in [-0.3, -0.25) is 14.4 Å². The van der Waals surface area contributed by atoms with Crippen molar-refractivity contribution in [2.24, 2.45) is 0 Å². The van der Waals surface area contributed by atoms with Crippen molar-refractivity contribution in [3.05, 3.63) is 35.4 Å². The van der Waals surface area contributed by atoms with Gasteiger partial charge in [0, 0.05) is 12.7 Å². The minimum absolute atomic E-state index is 0.277. The predicted molar refractivity (Wildman–Crippen MR) is 70.1 cm³/mol. The second kappa shape index (κ2) is 7.90. The topological polar surface area (TPSA) is 105 Å². The molecule has 0 heterocycles. The number of aliphatic carboxylic acids is 1. The molecule has 7 nitrogen and oxygen atoms in total. The molecule has 0 saturated carbocycles. The molecule has 3 N–H and O–H groups in total. The van der Waals surface area contributed by atoms with Gasteiger partial charge in [-0.1, -0.05) is 12.1 Å². The van der Waals surface area contributed by atoms with Crippen molar-refractivity contribution in [2.75, 3.05) is 20.2 Å². The van der Waals surface area contributed by atoms with Crippen LogP contribution in [0.1, 0.15) is 15.9 Å². The van der Waals surface area contributed by atoms with Crippen LogP contribution in [0.2, 0.25) is 0 Å². The average Bonchev–Trinajstić information content (AvgIpc) is 2.43. The Bertz CT molecular complexity index is 501. The van der Waals surface area contributed by atoms with Crippen molar-refractivity contribution in [3.8, 4) is 0 Å². The smallest absolute Gasteiger partial charge is 0.322 e. The Morgan fingerprint density at radius 3 is 2.60 bits per heavy atom. The normalized spacial score (nSPS) is 9.85. The molecule has 0 aromatic heterocycles. The molecule has 20 heavy (non-hydrogen) atoms. The molecular weight excluding hydrogens is 264 g/mol. The fraction of sp³-hybridized carbons (Fsp3) is 0.308. The Labute approximate surface area is 115 Å². The van der Waals surface area contributed by atoms with Crippen LogP contribution in [-0.2, 0) is 20.9 Å². The van der Waals surface area contributed by atoms with Crippen LogP contribution >= 0.6 is 0 Å². The van der Waals surface area contributed by atoms with E-state index in [0.29, 0.717) is 12.2 Å². The van der Waals surface area contributed by atoms with Crippen molar-refractivity contribution < 1.29 is 24.2 Å². The zero-order valence-corrected chi connectivity index (χ0v) is 11.0. The first-order valence-electron chi connectivity index (χ1n) is 5.87. The summed E-state index contributed by atoms with van der Waals surface area (Å²) in [5.41, 5.74) is 1.25. The van der Waals surface area contributed by atoms with Crippen LogP contribution in [0.4, 0.5) is 0 Å². The van der Waals surface area contributed by atoms with Crippen LogP contribution in [0, 0.1) is 0 Å². The molecule has 0 saturated heterocycles. The lowest BCUT2D eigenvalue weighted by Crippen LogP contribution is -2.39. The SMILES string of the molecule is COCc1cccc(C(=O)NCC(=O)NCC(=O)O)c1. The quantitative estimate of drug-likeness (QED) is 0.639. The third-order valence-corrected chi connectivity index (χ3v) is 2.35. The number of hydrogen-bond acceptors (Lipinski definition) is 4. The summed E-state index contributed by atoms with van der Waals surface area (Å²) in [5, 5.41) is 12.9. The number of carbonyl (C=O) groups excluding carboxylic acids is 2. The van der Waals surface area contributed by atoms with E-state index < -0.39 is 24.3 Å². The van der Waals surface area contributed by atoms with Crippen molar-refractivity contribution in [3.63, 3.8) is 0 Å². The van der Waals surface area contributed by atoms with E-state index >= 15 is 0 Å². The van der Waals surface area contributed by atoms with Gasteiger partial charge in [0.15, 0.2) is 0 Å². The number of amides is 2. The zero-order chi connectivity index (χ0) is 15.0. The van der Waals surface area contributed by atoms with E-state index in [1.165, 1.54) is 0 Å². The summed E-state index contributed by atoms with van der Waals surface area (Å²) in [6.07, 6.45) is 0. The number of carboxylic acid groups (broad SMARTS) is 1. The van der Waals surface area contributed by atoms with Crippen molar-refractivity contribution >= 4 is 17.8 Å². The van der Waals surface area contributed by atoms with Gasteiger partial charge in [0.05, 0.1) is 13.2 Å². The fourth-order valence-electron chi connectivity index (χ4n) is 1.47. The molecule has 0 spiro atoms. The van der Waals surface area contributed by atoms with E-state index in [1.54, 1.807) is 25.3 Å². The summed E-state index contributed by atoms with van der Waals surface area (Å²) in [6.45, 7) is -0.362. The molecule has 2 amide bonds. The highest BCUT2D eigenvalue weighted by Crippen LogP contribution is 2.06. The van der Waals surface area contributed by atoms with Crippen LogP contribution in [0.3, 0.4) is 0 Å². The first-order chi connectivity index (χ1) is 9.52. The number of nitrogens with one attached hydrogen (secondary N) is 2. The van der Waals surface area contributed by atoms with Gasteiger partial charge in [0.2, 0.25) is 5.91 Å². The van der Waals surface area contributed by atoms with E-state index in [2.05, 4.69) is 10.6 Å². The number of ether oxygens (including phenoxy) is 1. The molecule has 1 aromatic carbocycles. The summed E-state index contributed by atoms with van der Waals surface area (Å²) in [6, 6.07) is 6.81. The molecular formula is C13H16N2O5. The standard InChI is InChI=1S/C13H16N2O5/c1-20-8-9-3-2-4-10(5-9)13(19)15-6-11(16)14-7-12(17)18/h2-5H,6-8H2,1H3,(H,14,16)(H,15,19)(H,17,18). The molecule has 0 aliphatic carbocycles. The van der Waals surface area contributed by atoms with E-state index in [9.17, 15) is 14.4 Å². The summed E-state index contributed by atoms with van der Waals surface area (Å²) >= 11 is 0. The maximum Gasteiger partial charge on any atom is 0.322 e. The summed E-state index contributed by atoms with van der Waals surface area (Å²) in [7, 11) is 1.56. The number of carbonyl (C=O) groups is 3. The number of carboxylic acids is 1. The molecule has 1 rings (SSSR count). The second-order valence-electron chi connectivity index (χ2n) is 3.99. The lowest BCUT2D eigenvalue weighted by molar-refractivity contribution is -0.137. The Morgan fingerprint density at radius 1 is 1.20 bits per heavy atom. The summed E-state index contributed by atoms with van der Waals surface area (Å²) in [5.74, 6) is -2.11. The van der Waals surface area contributed by atoms with E-state index in [1.807, 2.05) is 6.07 Å². The van der Waals surface area contributed by atoms with Crippen LogP contribution in [-0.4, -0.2) is 43.1 Å². The first-order valence-corrected chi connectivity index (χ1v) is 5.87. The molecule has 7 heteroatoms. The van der Waals surface area contributed by atoms with Gasteiger partial charge in [-0.2, -0.15) is 0 Å². The molecule has 0 aliphatic heterocycles. The van der Waals surface area contributed by atoms with Crippen molar-refractivity contribution in [2.45, 2.75) is 6.61 Å². The molecule has 108 valence electrons. The van der Waals surface area contributed by atoms with Gasteiger partial charge in [-0.15, -0.1) is 0 Å². The highest BCUT2D eigenvalue weighted by Gasteiger charge is 2.09. The minimum Gasteiger partial charge on any atom is -0.480 e. The lowest BCUT2D eigenvalue weighted by Gasteiger charge is -2.07. The Kier molecular flexibility index (Phi) is 6.18. The third-order valence-electron chi connectivity index (χ3n) is 2.35. The highest BCUT2D eigenvalue weighted by molar-refractivity contribution is 5.96. The van der Waals surface area contributed by atoms with Crippen LogP contribution in [0.25, 0.3) is 0 Å². The fourth-order valence-corrected chi connectivity index (χ4v) is 1.47. The molecule has 0 unspecified atom stereocenters. The Morgan fingerprint density at radius 2 is 1.95 bits per heavy atom. The maximum atomic E-state index is 11.8. The minimum atomic E-state index is -1.14. The summed E-state index contributed by atoms with van der Waals surface area (Å²) in [4.78, 5) is 33.3. The third kappa shape index (κ3) is 5.49. The first kappa shape index (κ1) is 15.6. The Hall–Kier alpha value is -2.41. The van der Waals surface area contributed by atoms with Gasteiger partial charge in [-0.05, 0) is 17.7 Å². The van der Waals surface area contributed by atoms with Crippen molar-refractivity contribution in [1.82, 2.24) is 10.6 Å². The molecule has 0 radical (unpaired) electrons. The van der Waals surface area contributed by atoms with Crippen LogP contribution in [0.15, 0.2) is 24.3 Å². The average molecular weight is 280 g/mol. The molecule has 0 aliphatic rings. The van der Waals surface area contributed by atoms with E-state index in [4.69, 9.17) is 9.84 Å². The number of rotatable bonds is 7. The van der Waals surface area contributed by atoms with Gasteiger partial charge < -0.3 is 20.5 Å². The number of hydrogen-bond donors (Lipinski definition) is 3. The number of benzene rings is 1. The predicted octanol–water partition coefficient (Wildman–Crippen LogP) is -0.236. The summed E-state index contributed by atoms with van der Waals surface area (Å²) < 4.78 is 4.96. The molecule has 0 bridgehead atoms. The van der Waals surface area contributed by atoms with E-state index in [-0.39, 0.29) is 6.54 Å².